The lowest BCUT2D eigenvalue weighted by Gasteiger charge is -2.26. The summed E-state index contributed by atoms with van der Waals surface area (Å²) in [5.41, 5.74) is 2.34. The van der Waals surface area contributed by atoms with Gasteiger partial charge in [0.25, 0.3) is 0 Å². The maximum atomic E-state index is 12.3. The van der Waals surface area contributed by atoms with Crippen molar-refractivity contribution in [3.63, 3.8) is 0 Å². The first-order valence-electron chi connectivity index (χ1n) is 6.89. The number of carbonyl (C=O) groups excluding carboxylic acids is 1. The number of aliphatic hydroxyl groups is 1. The van der Waals surface area contributed by atoms with Gasteiger partial charge in [-0.1, -0.05) is 31.2 Å². The minimum absolute atomic E-state index is 0.0736. The van der Waals surface area contributed by atoms with Gasteiger partial charge in [-0.2, -0.15) is 0 Å². The lowest BCUT2D eigenvalue weighted by molar-refractivity contribution is -0.122. The highest BCUT2D eigenvalue weighted by molar-refractivity contribution is 5.84. The Kier molecular flexibility index (Phi) is 4.93. The number of carbonyl (C=O) groups is 1. The number of nitrogens with one attached hydrogen (secondary N) is 2. The molecule has 1 aliphatic rings. The molecule has 0 saturated carbocycles. The van der Waals surface area contributed by atoms with Gasteiger partial charge in [0, 0.05) is 26.2 Å². The average Bonchev–Trinajstić information content (AvgIpc) is 2.44. The van der Waals surface area contributed by atoms with Gasteiger partial charge in [0.15, 0.2) is 0 Å². The predicted molar refractivity (Wildman–Crippen MR) is 74.8 cm³/mol. The second-order valence-electron chi connectivity index (χ2n) is 5.24. The highest BCUT2D eigenvalue weighted by Gasteiger charge is 2.25. The van der Waals surface area contributed by atoms with E-state index < -0.39 is 0 Å². The molecule has 2 unspecified atom stereocenters. The summed E-state index contributed by atoms with van der Waals surface area (Å²) in [6, 6.07) is 8.09. The molecule has 0 aromatic heterocycles. The van der Waals surface area contributed by atoms with Crippen molar-refractivity contribution in [3.8, 4) is 0 Å². The van der Waals surface area contributed by atoms with E-state index in [9.17, 15) is 4.79 Å². The van der Waals surface area contributed by atoms with Crippen molar-refractivity contribution in [2.45, 2.75) is 25.8 Å². The third kappa shape index (κ3) is 3.55. The third-order valence-corrected chi connectivity index (χ3v) is 3.66. The van der Waals surface area contributed by atoms with Gasteiger partial charge in [-0.15, -0.1) is 0 Å². The summed E-state index contributed by atoms with van der Waals surface area (Å²) >= 11 is 0. The summed E-state index contributed by atoms with van der Waals surface area (Å²) < 4.78 is 0. The Labute approximate surface area is 114 Å². The maximum absolute atomic E-state index is 12.3. The standard InChI is InChI=1S/C15H22N2O2/c1-11(6-7-18)8-17-15(19)14-10-16-9-12-4-2-3-5-13(12)14/h2-5,11,14,16,18H,6-10H2,1H3,(H,17,19). The third-order valence-electron chi connectivity index (χ3n) is 3.66. The van der Waals surface area contributed by atoms with E-state index in [-0.39, 0.29) is 18.4 Å². The van der Waals surface area contributed by atoms with Crippen molar-refractivity contribution >= 4 is 5.91 Å². The van der Waals surface area contributed by atoms with Crippen LogP contribution in [0.15, 0.2) is 24.3 Å². The predicted octanol–water partition coefficient (Wildman–Crippen LogP) is 1.01. The van der Waals surface area contributed by atoms with Gasteiger partial charge in [-0.3, -0.25) is 4.79 Å². The average molecular weight is 262 g/mol. The number of hydrogen-bond donors (Lipinski definition) is 3. The van der Waals surface area contributed by atoms with Crippen molar-refractivity contribution in [3.05, 3.63) is 35.4 Å². The van der Waals surface area contributed by atoms with E-state index in [1.54, 1.807) is 0 Å². The van der Waals surface area contributed by atoms with E-state index >= 15 is 0 Å². The fourth-order valence-electron chi connectivity index (χ4n) is 2.45. The Morgan fingerprint density at radius 2 is 2.32 bits per heavy atom. The zero-order valence-electron chi connectivity index (χ0n) is 11.4. The Hall–Kier alpha value is -1.39. The van der Waals surface area contributed by atoms with E-state index in [0.717, 1.165) is 18.5 Å². The van der Waals surface area contributed by atoms with Crippen LogP contribution in [-0.2, 0) is 11.3 Å². The van der Waals surface area contributed by atoms with Gasteiger partial charge < -0.3 is 15.7 Å². The highest BCUT2D eigenvalue weighted by Crippen LogP contribution is 2.23. The van der Waals surface area contributed by atoms with Crippen molar-refractivity contribution in [2.24, 2.45) is 5.92 Å². The molecule has 2 rings (SSSR count). The van der Waals surface area contributed by atoms with Crippen molar-refractivity contribution in [1.82, 2.24) is 10.6 Å². The van der Waals surface area contributed by atoms with E-state index in [2.05, 4.69) is 16.7 Å². The molecule has 1 aromatic carbocycles. The van der Waals surface area contributed by atoms with E-state index in [1.165, 1.54) is 5.56 Å². The molecule has 1 aliphatic heterocycles. The van der Waals surface area contributed by atoms with Crippen LogP contribution in [0.3, 0.4) is 0 Å². The molecule has 0 saturated heterocycles. The number of benzene rings is 1. The molecule has 19 heavy (non-hydrogen) atoms. The van der Waals surface area contributed by atoms with Crippen molar-refractivity contribution in [1.29, 1.82) is 0 Å². The topological polar surface area (TPSA) is 61.4 Å². The van der Waals surface area contributed by atoms with Gasteiger partial charge >= 0.3 is 0 Å². The van der Waals surface area contributed by atoms with Crippen LogP contribution >= 0.6 is 0 Å². The molecule has 0 radical (unpaired) electrons. The number of fused-ring (bicyclic) bond motifs is 1. The first-order valence-corrected chi connectivity index (χ1v) is 6.89. The van der Waals surface area contributed by atoms with E-state index in [0.29, 0.717) is 19.0 Å². The molecule has 1 amide bonds. The molecular weight excluding hydrogens is 240 g/mol. The summed E-state index contributed by atoms with van der Waals surface area (Å²) in [5, 5.41) is 15.1. The Morgan fingerprint density at radius 1 is 1.53 bits per heavy atom. The molecule has 104 valence electrons. The monoisotopic (exact) mass is 262 g/mol. The van der Waals surface area contributed by atoms with Crippen LogP contribution in [0.1, 0.15) is 30.4 Å². The number of rotatable bonds is 5. The molecule has 3 N–H and O–H groups in total. The van der Waals surface area contributed by atoms with Gasteiger partial charge in [-0.25, -0.2) is 0 Å². The fourth-order valence-corrected chi connectivity index (χ4v) is 2.45. The van der Waals surface area contributed by atoms with Crippen LogP contribution in [0.25, 0.3) is 0 Å². The zero-order valence-corrected chi connectivity index (χ0v) is 11.4. The SMILES string of the molecule is CC(CCO)CNC(=O)C1CNCc2ccccc21. The molecular formula is C15H22N2O2. The molecule has 2 atom stereocenters. The minimum Gasteiger partial charge on any atom is -0.396 e. The molecule has 1 heterocycles. The first kappa shape index (κ1) is 14.0. The number of aliphatic hydroxyl groups excluding tert-OH is 1. The van der Waals surface area contributed by atoms with Crippen LogP contribution in [0.5, 0.6) is 0 Å². The lowest BCUT2D eigenvalue weighted by atomic mass is 9.90. The number of amides is 1. The molecule has 0 aliphatic carbocycles. The van der Waals surface area contributed by atoms with Crippen molar-refractivity contribution < 1.29 is 9.90 Å². The first-order chi connectivity index (χ1) is 9.22. The van der Waals surface area contributed by atoms with Crippen LogP contribution in [0, 0.1) is 5.92 Å². The molecule has 1 aromatic rings. The molecule has 4 nitrogen and oxygen atoms in total. The van der Waals surface area contributed by atoms with E-state index in [4.69, 9.17) is 5.11 Å². The van der Waals surface area contributed by atoms with Gasteiger partial charge in [0.2, 0.25) is 5.91 Å². The molecule has 0 bridgehead atoms. The van der Waals surface area contributed by atoms with Crippen molar-refractivity contribution in [2.75, 3.05) is 19.7 Å². The Morgan fingerprint density at radius 3 is 3.11 bits per heavy atom. The summed E-state index contributed by atoms with van der Waals surface area (Å²) in [7, 11) is 0. The lowest BCUT2D eigenvalue weighted by Crippen LogP contribution is -2.40. The van der Waals surface area contributed by atoms with Gasteiger partial charge in [0.1, 0.15) is 0 Å². The van der Waals surface area contributed by atoms with Crippen LogP contribution in [-0.4, -0.2) is 30.7 Å². The molecule has 0 spiro atoms. The minimum atomic E-state index is -0.105. The normalized spacial score (nSPS) is 19.6. The second-order valence-corrected chi connectivity index (χ2v) is 5.24. The largest absolute Gasteiger partial charge is 0.396 e. The quantitative estimate of drug-likeness (QED) is 0.742. The van der Waals surface area contributed by atoms with Crippen LogP contribution < -0.4 is 10.6 Å². The second kappa shape index (κ2) is 6.68. The fraction of sp³-hybridized carbons (Fsp3) is 0.533. The molecule has 4 heteroatoms. The van der Waals surface area contributed by atoms with Gasteiger partial charge in [0.05, 0.1) is 5.92 Å². The maximum Gasteiger partial charge on any atom is 0.228 e. The summed E-state index contributed by atoms with van der Waals surface area (Å²) in [6.45, 7) is 4.35. The highest BCUT2D eigenvalue weighted by atomic mass is 16.3. The van der Waals surface area contributed by atoms with Crippen LogP contribution in [0.4, 0.5) is 0 Å². The van der Waals surface area contributed by atoms with E-state index in [1.807, 2.05) is 25.1 Å². The van der Waals surface area contributed by atoms with Crippen LogP contribution in [0.2, 0.25) is 0 Å². The molecule has 0 fully saturated rings. The Bertz CT molecular complexity index is 434. The smallest absolute Gasteiger partial charge is 0.228 e. The van der Waals surface area contributed by atoms with Gasteiger partial charge in [-0.05, 0) is 23.5 Å². The number of hydrogen-bond acceptors (Lipinski definition) is 3. The Balaban J connectivity index is 1.97. The summed E-state index contributed by atoms with van der Waals surface area (Å²) in [6.07, 6.45) is 0.722. The summed E-state index contributed by atoms with van der Waals surface area (Å²) in [5.74, 6) is 0.274. The zero-order chi connectivity index (χ0) is 13.7. The summed E-state index contributed by atoms with van der Waals surface area (Å²) in [4.78, 5) is 12.3.